The van der Waals surface area contributed by atoms with E-state index in [1.54, 1.807) is 38.1 Å². The maximum atomic E-state index is 12.8. The van der Waals surface area contributed by atoms with E-state index in [0.717, 1.165) is 0 Å². The van der Waals surface area contributed by atoms with Gasteiger partial charge >= 0.3 is 0 Å². The molecule has 2 N–H and O–H groups in total. The third-order valence-electron chi connectivity index (χ3n) is 3.90. The van der Waals surface area contributed by atoms with Gasteiger partial charge in [-0.2, -0.15) is 0 Å². The minimum absolute atomic E-state index is 0.0368. The van der Waals surface area contributed by atoms with Crippen molar-refractivity contribution in [2.45, 2.75) is 37.2 Å². The summed E-state index contributed by atoms with van der Waals surface area (Å²) < 4.78 is 6.44. The summed E-state index contributed by atoms with van der Waals surface area (Å²) in [6.45, 7) is 3.75. The van der Waals surface area contributed by atoms with Crippen LogP contribution in [0, 0.1) is 6.92 Å². The molecule has 0 unspecified atom stereocenters. The summed E-state index contributed by atoms with van der Waals surface area (Å²) in [5, 5.41) is 16.0. The lowest BCUT2D eigenvalue weighted by atomic mass is 10.2. The molecule has 3 rings (SSSR count). The zero-order valence-electron chi connectivity index (χ0n) is 15.0. The van der Waals surface area contributed by atoms with Crippen molar-refractivity contribution in [2.24, 2.45) is 0 Å². The second-order valence-corrected chi connectivity index (χ2v) is 7.33. The van der Waals surface area contributed by atoms with E-state index in [9.17, 15) is 9.59 Å². The zero-order chi connectivity index (χ0) is 19.4. The van der Waals surface area contributed by atoms with Crippen LogP contribution in [0.5, 0.6) is 0 Å². The molecule has 1 amide bonds. The molecule has 1 aromatic carbocycles. The molecule has 2 heterocycles. The predicted octanol–water partition coefficient (Wildman–Crippen LogP) is 2.19. The first-order valence-electron chi connectivity index (χ1n) is 8.51. The highest BCUT2D eigenvalue weighted by atomic mass is 32.2. The second-order valence-electron chi connectivity index (χ2n) is 6.02. The highest BCUT2D eigenvalue weighted by Crippen LogP contribution is 2.24. The zero-order valence-corrected chi connectivity index (χ0v) is 15.8. The summed E-state index contributed by atoms with van der Waals surface area (Å²) >= 11 is 1.18. The fraction of sp³-hybridized carbons (Fsp3) is 0.333. The van der Waals surface area contributed by atoms with Gasteiger partial charge < -0.3 is 14.9 Å². The number of carbonyl (C=O) groups excluding carboxylic acids is 1. The first kappa shape index (κ1) is 19.1. The van der Waals surface area contributed by atoms with Crippen LogP contribution in [0.25, 0.3) is 10.9 Å². The molecule has 0 bridgehead atoms. The number of rotatable bonds is 7. The van der Waals surface area contributed by atoms with Crippen LogP contribution in [-0.2, 0) is 11.3 Å². The fourth-order valence-electron chi connectivity index (χ4n) is 2.53. The van der Waals surface area contributed by atoms with Crippen molar-refractivity contribution in [2.75, 3.05) is 11.9 Å². The number of nitrogens with one attached hydrogen (secondary N) is 1. The second kappa shape index (κ2) is 8.36. The summed E-state index contributed by atoms with van der Waals surface area (Å²) in [4.78, 5) is 29.8. The first-order valence-corrected chi connectivity index (χ1v) is 9.39. The van der Waals surface area contributed by atoms with Crippen molar-refractivity contribution in [1.29, 1.82) is 0 Å². The molecule has 8 nitrogen and oxygen atoms in total. The van der Waals surface area contributed by atoms with E-state index in [-0.39, 0.29) is 18.1 Å². The number of para-hydroxylation sites is 1. The number of anilines is 1. The van der Waals surface area contributed by atoms with Gasteiger partial charge in [-0.15, -0.1) is 0 Å². The van der Waals surface area contributed by atoms with E-state index in [0.29, 0.717) is 40.6 Å². The van der Waals surface area contributed by atoms with E-state index in [1.165, 1.54) is 16.3 Å². The van der Waals surface area contributed by atoms with Gasteiger partial charge in [0.25, 0.3) is 5.56 Å². The van der Waals surface area contributed by atoms with Crippen molar-refractivity contribution in [1.82, 2.24) is 14.7 Å². The summed E-state index contributed by atoms with van der Waals surface area (Å²) in [7, 11) is 0. The topological polar surface area (TPSA) is 110 Å². The van der Waals surface area contributed by atoms with Gasteiger partial charge in [0.2, 0.25) is 5.91 Å². The molecule has 0 aliphatic heterocycles. The van der Waals surface area contributed by atoms with E-state index in [2.05, 4.69) is 15.5 Å². The molecule has 0 aliphatic carbocycles. The number of aromatic nitrogens is 3. The van der Waals surface area contributed by atoms with E-state index >= 15 is 0 Å². The number of aliphatic hydroxyl groups excluding tert-OH is 1. The van der Waals surface area contributed by atoms with Crippen LogP contribution >= 0.6 is 11.8 Å². The lowest BCUT2D eigenvalue weighted by Crippen LogP contribution is -2.27. The highest BCUT2D eigenvalue weighted by molar-refractivity contribution is 8.00. The maximum absolute atomic E-state index is 12.8. The molecule has 27 heavy (non-hydrogen) atoms. The van der Waals surface area contributed by atoms with E-state index < -0.39 is 5.25 Å². The first-order chi connectivity index (χ1) is 13.0. The van der Waals surface area contributed by atoms with Crippen molar-refractivity contribution in [3.8, 4) is 0 Å². The number of carbonyl (C=O) groups is 1. The van der Waals surface area contributed by atoms with Crippen LogP contribution in [-0.4, -0.2) is 37.6 Å². The molecule has 0 saturated carbocycles. The van der Waals surface area contributed by atoms with Gasteiger partial charge in [0.15, 0.2) is 11.0 Å². The summed E-state index contributed by atoms with van der Waals surface area (Å²) in [5.41, 5.74) is 0.390. The number of aryl methyl sites for hydroxylation is 1. The minimum Gasteiger partial charge on any atom is -0.396 e. The van der Waals surface area contributed by atoms with Gasteiger partial charge in [0.05, 0.1) is 16.2 Å². The Balaban J connectivity index is 1.87. The smallest absolute Gasteiger partial charge is 0.262 e. The predicted molar refractivity (Wildman–Crippen MR) is 103 cm³/mol. The molecular weight excluding hydrogens is 368 g/mol. The average Bonchev–Trinajstić information content (AvgIpc) is 3.06. The molecule has 3 aromatic rings. The summed E-state index contributed by atoms with van der Waals surface area (Å²) in [6.07, 6.45) is 0.423. The van der Waals surface area contributed by atoms with Gasteiger partial charge in [-0.25, -0.2) is 4.98 Å². The molecule has 0 radical (unpaired) electrons. The number of thioether (sulfide) groups is 1. The molecular formula is C18H20N4O4S. The van der Waals surface area contributed by atoms with Crippen LogP contribution in [0.3, 0.4) is 0 Å². The van der Waals surface area contributed by atoms with Crippen LogP contribution in [0.4, 0.5) is 5.82 Å². The highest BCUT2D eigenvalue weighted by Gasteiger charge is 2.20. The van der Waals surface area contributed by atoms with Crippen LogP contribution in [0.15, 0.2) is 44.8 Å². The largest absolute Gasteiger partial charge is 0.396 e. The Kier molecular flexibility index (Phi) is 5.92. The van der Waals surface area contributed by atoms with Crippen molar-refractivity contribution >= 4 is 34.4 Å². The van der Waals surface area contributed by atoms with Gasteiger partial charge in [0, 0.05) is 19.2 Å². The lowest BCUT2D eigenvalue weighted by molar-refractivity contribution is -0.115. The number of nitrogens with zero attached hydrogens (tertiary/aromatic N) is 3. The molecule has 142 valence electrons. The molecule has 0 spiro atoms. The Morgan fingerprint density at radius 2 is 2.19 bits per heavy atom. The Morgan fingerprint density at radius 1 is 1.41 bits per heavy atom. The molecule has 9 heteroatoms. The summed E-state index contributed by atoms with van der Waals surface area (Å²) in [5.74, 6) is 0.665. The van der Waals surface area contributed by atoms with Gasteiger partial charge in [-0.1, -0.05) is 29.1 Å². The van der Waals surface area contributed by atoms with Gasteiger partial charge in [0.1, 0.15) is 5.76 Å². The Morgan fingerprint density at radius 3 is 2.89 bits per heavy atom. The van der Waals surface area contributed by atoms with E-state index in [1.807, 2.05) is 6.07 Å². The van der Waals surface area contributed by atoms with Crippen molar-refractivity contribution in [3.63, 3.8) is 0 Å². The molecule has 0 aliphatic rings. The Labute approximate surface area is 159 Å². The number of hydrogen-bond donors (Lipinski definition) is 2. The number of hydrogen-bond acceptors (Lipinski definition) is 7. The third-order valence-corrected chi connectivity index (χ3v) is 4.99. The number of fused-ring (bicyclic) bond motifs is 1. The summed E-state index contributed by atoms with van der Waals surface area (Å²) in [6, 6.07) is 8.70. The van der Waals surface area contributed by atoms with Crippen molar-refractivity contribution < 1.29 is 14.4 Å². The van der Waals surface area contributed by atoms with Gasteiger partial charge in [-0.3, -0.25) is 14.2 Å². The SMILES string of the molecule is Cc1cc(NC(=O)[C@@H](C)Sc2nc3ccccc3c(=O)n2CCCO)no1. The van der Waals surface area contributed by atoms with Crippen LogP contribution in [0.2, 0.25) is 0 Å². The Hall–Kier alpha value is -2.65. The molecule has 0 saturated heterocycles. The number of aliphatic hydroxyl groups is 1. The quantitative estimate of drug-likeness (QED) is 0.471. The number of benzene rings is 1. The van der Waals surface area contributed by atoms with Gasteiger partial charge in [-0.05, 0) is 32.4 Å². The minimum atomic E-state index is -0.518. The Bertz CT molecular complexity index is 1010. The standard InChI is InChI=1S/C18H20N4O4S/c1-11-10-15(21-26-11)20-16(24)12(2)27-18-19-14-7-4-3-6-13(14)17(25)22(18)8-5-9-23/h3-4,6-7,10,12,23H,5,8-9H2,1-2H3,(H,20,21,24)/t12-/m1/s1. The lowest BCUT2D eigenvalue weighted by Gasteiger charge is -2.15. The fourth-order valence-corrected chi connectivity index (χ4v) is 3.46. The van der Waals surface area contributed by atoms with E-state index in [4.69, 9.17) is 9.63 Å². The van der Waals surface area contributed by atoms with Crippen LogP contribution in [0.1, 0.15) is 19.1 Å². The van der Waals surface area contributed by atoms with Crippen molar-refractivity contribution in [3.05, 3.63) is 46.4 Å². The number of amides is 1. The van der Waals surface area contributed by atoms with Crippen LogP contribution < -0.4 is 10.9 Å². The molecule has 1 atom stereocenters. The third kappa shape index (κ3) is 4.37. The monoisotopic (exact) mass is 388 g/mol. The molecule has 2 aromatic heterocycles. The maximum Gasteiger partial charge on any atom is 0.262 e. The normalized spacial score (nSPS) is 12.3. The average molecular weight is 388 g/mol. The molecule has 0 fully saturated rings.